The Balaban J connectivity index is 1.31. The van der Waals surface area contributed by atoms with Gasteiger partial charge in [0, 0.05) is 37.6 Å². The Hall–Kier alpha value is -3.89. The molecule has 2 saturated heterocycles. The quantitative estimate of drug-likeness (QED) is 0.614. The molecule has 0 saturated carbocycles. The fourth-order valence-corrected chi connectivity index (χ4v) is 5.44. The van der Waals surface area contributed by atoms with E-state index in [9.17, 15) is 18.8 Å². The van der Waals surface area contributed by atoms with E-state index in [-0.39, 0.29) is 36.8 Å². The Bertz CT molecular complexity index is 1260. The third-order valence-electron chi connectivity index (χ3n) is 7.48. The number of likely N-dealkylation sites (tertiary alicyclic amines) is 1. The van der Waals surface area contributed by atoms with Gasteiger partial charge in [0.15, 0.2) is 0 Å². The summed E-state index contributed by atoms with van der Waals surface area (Å²) in [6.45, 7) is 6.66. The number of halogens is 1. The van der Waals surface area contributed by atoms with Crippen molar-refractivity contribution in [3.8, 4) is 0 Å². The largest absolute Gasteiger partial charge is 0.444 e. The number of nitrogens with two attached hydrogens (primary N) is 1. The number of aromatic nitrogens is 1. The molecule has 39 heavy (non-hydrogen) atoms. The number of hydrogen-bond donors (Lipinski definition) is 2. The van der Waals surface area contributed by atoms with Crippen LogP contribution in [0.15, 0.2) is 36.4 Å². The lowest BCUT2D eigenvalue weighted by Crippen LogP contribution is -2.67. The summed E-state index contributed by atoms with van der Waals surface area (Å²) in [5, 5.41) is 3.08. The minimum absolute atomic E-state index is 0.180. The van der Waals surface area contributed by atoms with Crippen LogP contribution in [0.4, 0.5) is 20.7 Å². The Labute approximate surface area is 227 Å². The number of hydrogen-bond acceptors (Lipinski definition) is 7. The number of nitrogens with one attached hydrogen (secondary N) is 1. The number of piperazine rings is 1. The molecule has 1 aromatic carbocycles. The zero-order valence-corrected chi connectivity index (χ0v) is 22.5. The van der Waals surface area contributed by atoms with E-state index in [4.69, 9.17) is 10.5 Å². The van der Waals surface area contributed by atoms with E-state index in [0.29, 0.717) is 25.3 Å². The van der Waals surface area contributed by atoms with E-state index >= 15 is 0 Å². The van der Waals surface area contributed by atoms with Crippen LogP contribution in [-0.2, 0) is 20.7 Å². The molecule has 208 valence electrons. The van der Waals surface area contributed by atoms with Crippen molar-refractivity contribution in [2.75, 3.05) is 36.8 Å². The molecule has 11 heteroatoms. The second-order valence-electron chi connectivity index (χ2n) is 11.3. The molecular formula is C28H35FN6O4. The predicted octanol–water partition coefficient (Wildman–Crippen LogP) is 2.63. The Kier molecular flexibility index (Phi) is 7.09. The van der Waals surface area contributed by atoms with Gasteiger partial charge in [0.1, 0.15) is 29.3 Å². The normalized spacial score (nSPS) is 22.7. The van der Waals surface area contributed by atoms with Gasteiger partial charge in [0.25, 0.3) is 0 Å². The predicted molar refractivity (Wildman–Crippen MR) is 143 cm³/mol. The van der Waals surface area contributed by atoms with Gasteiger partial charge in [-0.3, -0.25) is 14.5 Å². The van der Waals surface area contributed by atoms with Gasteiger partial charge in [-0.2, -0.15) is 0 Å². The first-order valence-corrected chi connectivity index (χ1v) is 13.4. The van der Waals surface area contributed by atoms with Crippen molar-refractivity contribution in [3.05, 3.63) is 53.5 Å². The van der Waals surface area contributed by atoms with Crippen molar-refractivity contribution >= 4 is 29.4 Å². The molecule has 3 atom stereocenters. The number of anilines is 2. The summed E-state index contributed by atoms with van der Waals surface area (Å²) in [5.74, 6) is -0.426. The average Bonchev–Trinajstić information content (AvgIpc) is 3.23. The molecule has 2 fully saturated rings. The number of ether oxygens (including phenoxy) is 1. The molecule has 0 spiro atoms. The second-order valence-corrected chi connectivity index (χ2v) is 11.3. The third kappa shape index (κ3) is 5.62. The minimum Gasteiger partial charge on any atom is -0.444 e. The molecule has 3 amide bonds. The zero-order valence-electron chi connectivity index (χ0n) is 22.5. The molecule has 1 aliphatic carbocycles. The van der Waals surface area contributed by atoms with Gasteiger partial charge in [-0.15, -0.1) is 0 Å². The van der Waals surface area contributed by atoms with Crippen LogP contribution in [0.3, 0.4) is 0 Å². The first-order valence-electron chi connectivity index (χ1n) is 13.4. The van der Waals surface area contributed by atoms with Gasteiger partial charge >= 0.3 is 6.09 Å². The van der Waals surface area contributed by atoms with Crippen LogP contribution in [0.2, 0.25) is 0 Å². The van der Waals surface area contributed by atoms with Crippen molar-refractivity contribution in [2.24, 2.45) is 0 Å². The maximum atomic E-state index is 13.9. The van der Waals surface area contributed by atoms with Crippen LogP contribution < -0.4 is 16.0 Å². The molecule has 2 aliphatic heterocycles. The second kappa shape index (κ2) is 10.3. The molecule has 1 aromatic heterocycles. The van der Waals surface area contributed by atoms with E-state index in [2.05, 4.69) is 10.3 Å². The van der Waals surface area contributed by atoms with E-state index in [1.807, 2.05) is 11.0 Å². The molecule has 0 bridgehead atoms. The summed E-state index contributed by atoms with van der Waals surface area (Å²) in [6.07, 6.45) is 1.42. The molecule has 3 aliphatic rings. The van der Waals surface area contributed by atoms with Gasteiger partial charge in [0.05, 0.1) is 6.04 Å². The van der Waals surface area contributed by atoms with Crippen LogP contribution in [0.5, 0.6) is 0 Å². The van der Waals surface area contributed by atoms with Crippen LogP contribution in [0.25, 0.3) is 0 Å². The summed E-state index contributed by atoms with van der Waals surface area (Å²) in [6, 6.07) is 8.01. The summed E-state index contributed by atoms with van der Waals surface area (Å²) in [5.41, 5.74) is 7.67. The lowest BCUT2D eigenvalue weighted by atomic mass is 9.98. The van der Waals surface area contributed by atoms with Crippen LogP contribution in [0, 0.1) is 5.82 Å². The highest BCUT2D eigenvalue weighted by Crippen LogP contribution is 2.32. The number of pyridine rings is 1. The van der Waals surface area contributed by atoms with E-state index in [1.54, 1.807) is 43.9 Å². The number of rotatable bonds is 4. The smallest absolute Gasteiger partial charge is 0.411 e. The molecule has 3 heterocycles. The highest BCUT2D eigenvalue weighted by Gasteiger charge is 2.46. The molecular weight excluding hydrogens is 503 g/mol. The number of aryl methyl sites for hydroxylation is 1. The molecule has 0 radical (unpaired) electrons. The molecule has 5 rings (SSSR count). The van der Waals surface area contributed by atoms with Crippen LogP contribution in [0.1, 0.15) is 50.9 Å². The highest BCUT2D eigenvalue weighted by atomic mass is 19.1. The summed E-state index contributed by atoms with van der Waals surface area (Å²) >= 11 is 0. The van der Waals surface area contributed by atoms with Crippen LogP contribution in [-0.4, -0.2) is 76.6 Å². The van der Waals surface area contributed by atoms with Crippen molar-refractivity contribution in [1.82, 2.24) is 20.1 Å². The van der Waals surface area contributed by atoms with Gasteiger partial charge in [-0.25, -0.2) is 14.2 Å². The average molecular weight is 539 g/mol. The number of carbonyl (C=O) groups excluding carboxylic acids is 3. The summed E-state index contributed by atoms with van der Waals surface area (Å²) in [7, 11) is 0. The molecule has 1 unspecified atom stereocenters. The van der Waals surface area contributed by atoms with Gasteiger partial charge in [-0.05, 0) is 75.9 Å². The maximum absolute atomic E-state index is 13.9. The fraction of sp³-hybridized carbons (Fsp3) is 0.500. The highest BCUT2D eigenvalue weighted by molar-refractivity contribution is 5.93. The van der Waals surface area contributed by atoms with Gasteiger partial charge in [0.2, 0.25) is 11.8 Å². The minimum atomic E-state index is -0.853. The van der Waals surface area contributed by atoms with E-state index < -0.39 is 23.8 Å². The van der Waals surface area contributed by atoms with E-state index in [0.717, 1.165) is 29.8 Å². The summed E-state index contributed by atoms with van der Waals surface area (Å²) < 4.78 is 19.1. The van der Waals surface area contributed by atoms with Crippen molar-refractivity contribution < 1.29 is 23.5 Å². The van der Waals surface area contributed by atoms with Crippen molar-refractivity contribution in [3.63, 3.8) is 0 Å². The third-order valence-corrected chi connectivity index (χ3v) is 7.48. The Morgan fingerprint density at radius 2 is 1.74 bits per heavy atom. The number of benzene rings is 1. The first-order chi connectivity index (χ1) is 18.5. The fourth-order valence-electron chi connectivity index (χ4n) is 5.44. The van der Waals surface area contributed by atoms with Crippen molar-refractivity contribution in [2.45, 2.75) is 63.8 Å². The number of nitrogens with zero attached hydrogens (tertiary/aromatic N) is 4. The van der Waals surface area contributed by atoms with E-state index in [1.165, 1.54) is 17.0 Å². The number of nitrogen functional groups attached to an aromatic ring is 1. The number of amides is 3. The molecule has 2 aromatic rings. The number of carbonyl (C=O) groups is 3. The zero-order chi connectivity index (χ0) is 27.9. The Morgan fingerprint density at radius 3 is 2.41 bits per heavy atom. The van der Waals surface area contributed by atoms with Crippen molar-refractivity contribution in [1.29, 1.82) is 0 Å². The number of fused-ring (bicyclic) bond motifs is 1. The first kappa shape index (κ1) is 26.7. The van der Waals surface area contributed by atoms with Gasteiger partial charge in [-0.1, -0.05) is 6.07 Å². The lowest BCUT2D eigenvalue weighted by molar-refractivity contribution is -0.151. The van der Waals surface area contributed by atoms with Crippen LogP contribution >= 0.6 is 0 Å². The maximum Gasteiger partial charge on any atom is 0.411 e. The Morgan fingerprint density at radius 1 is 1.00 bits per heavy atom. The molecule has 10 nitrogen and oxygen atoms in total. The lowest BCUT2D eigenvalue weighted by Gasteiger charge is -2.47. The monoisotopic (exact) mass is 538 g/mol. The summed E-state index contributed by atoms with van der Waals surface area (Å²) in [4.78, 5) is 49.6. The standard InChI is InChI=1S/C28H35FN6O4/c1-28(2,3)39-27(38)35-15-14-33(18-6-4-17(29)5-7-18)16-23(35)26(37)34-13-12-22(34)25(36)32-21-10-9-20-19(21)8-11-24(30)31-20/h4-8,11,21-23H,9-10,12-16H2,1-3H3,(H2,30,31)(H,32,36)/t21?,22-,23+/m0/s1. The SMILES string of the molecule is CC(C)(C)OC(=O)N1CCN(c2ccc(F)cc2)C[C@@H]1C(=O)N1CC[C@H]1C(=O)NC1CCc2nc(N)ccc21. The van der Waals surface area contributed by atoms with Gasteiger partial charge < -0.3 is 25.6 Å². The molecule has 3 N–H and O–H groups in total. The topological polar surface area (TPSA) is 121 Å².